The molecule has 1 heterocycles. The summed E-state index contributed by atoms with van der Waals surface area (Å²) in [5.74, 6) is 1.83. The van der Waals surface area contributed by atoms with Gasteiger partial charge in [0.2, 0.25) is 5.91 Å². The molecule has 2 rings (SSSR count). The number of hydrogen-bond donors (Lipinski definition) is 2. The van der Waals surface area contributed by atoms with Gasteiger partial charge < -0.3 is 11.1 Å². The van der Waals surface area contributed by atoms with Crippen LogP contribution < -0.4 is 11.1 Å². The van der Waals surface area contributed by atoms with Gasteiger partial charge in [-0.15, -0.1) is 0 Å². The summed E-state index contributed by atoms with van der Waals surface area (Å²) in [6, 6.07) is -0.357. The van der Waals surface area contributed by atoms with Gasteiger partial charge in [0.15, 0.2) is 0 Å². The number of nitrogens with two attached hydrogens (primary N) is 1. The lowest BCUT2D eigenvalue weighted by Gasteiger charge is -2.49. The number of thioether (sulfide) groups is 1. The number of carbonyl (C=O) groups excluding carboxylic acids is 1. The number of nitrogens with zero attached hydrogens (tertiary/aromatic N) is 1. The summed E-state index contributed by atoms with van der Waals surface area (Å²) in [4.78, 5) is 15.0. The molecule has 1 aliphatic heterocycles. The summed E-state index contributed by atoms with van der Waals surface area (Å²) in [7, 11) is 0. The molecule has 23 heavy (non-hydrogen) atoms. The summed E-state index contributed by atoms with van der Waals surface area (Å²) >= 11 is 1.75. The quantitative estimate of drug-likeness (QED) is 0.747. The zero-order valence-corrected chi connectivity index (χ0v) is 15.8. The van der Waals surface area contributed by atoms with Crippen LogP contribution in [0.4, 0.5) is 0 Å². The lowest BCUT2D eigenvalue weighted by atomic mass is 9.78. The summed E-state index contributed by atoms with van der Waals surface area (Å²) in [6.45, 7) is 5.52. The molecule has 1 saturated heterocycles. The van der Waals surface area contributed by atoms with E-state index in [4.69, 9.17) is 5.73 Å². The summed E-state index contributed by atoms with van der Waals surface area (Å²) in [6.07, 6.45) is 11.8. The third-order valence-corrected chi connectivity index (χ3v) is 6.44. The normalized spacial score (nSPS) is 24.3. The molecule has 3 N–H and O–H groups in total. The Morgan fingerprint density at radius 3 is 2.57 bits per heavy atom. The fraction of sp³-hybridized carbons (Fsp3) is 0.944. The Morgan fingerprint density at radius 2 is 1.96 bits per heavy atom. The molecule has 0 spiro atoms. The van der Waals surface area contributed by atoms with Gasteiger partial charge in [-0.2, -0.15) is 11.8 Å². The van der Waals surface area contributed by atoms with Gasteiger partial charge in [0.25, 0.3) is 0 Å². The standard InChI is InChI=1S/C18H35N3OS/c1-15-6-11-21(12-7-15)18(9-4-3-5-10-18)14-20-17(22)16(19)8-13-23-2/h15-16H,3-14,19H2,1-2H3,(H,20,22)/t16-/m0/s1. The maximum absolute atomic E-state index is 12.3. The van der Waals surface area contributed by atoms with Crippen molar-refractivity contribution in [2.24, 2.45) is 11.7 Å². The first-order valence-electron chi connectivity index (χ1n) is 9.35. The Kier molecular flexibility index (Phi) is 7.70. The van der Waals surface area contributed by atoms with Gasteiger partial charge in [0, 0.05) is 12.1 Å². The molecule has 1 amide bonds. The van der Waals surface area contributed by atoms with Gasteiger partial charge in [-0.25, -0.2) is 0 Å². The molecular formula is C18H35N3OS. The maximum atomic E-state index is 12.3. The predicted molar refractivity (Wildman–Crippen MR) is 99.8 cm³/mol. The lowest BCUT2D eigenvalue weighted by Crippen LogP contribution is -2.59. The maximum Gasteiger partial charge on any atom is 0.237 e. The minimum Gasteiger partial charge on any atom is -0.353 e. The third-order valence-electron chi connectivity index (χ3n) is 5.80. The van der Waals surface area contributed by atoms with Crippen molar-refractivity contribution in [1.29, 1.82) is 0 Å². The number of carbonyl (C=O) groups is 1. The van der Waals surface area contributed by atoms with Crippen molar-refractivity contribution in [2.45, 2.75) is 69.9 Å². The van der Waals surface area contributed by atoms with E-state index < -0.39 is 0 Å². The number of hydrogen-bond acceptors (Lipinski definition) is 4. The van der Waals surface area contributed by atoms with Crippen molar-refractivity contribution >= 4 is 17.7 Å². The Bertz CT molecular complexity index is 363. The van der Waals surface area contributed by atoms with Gasteiger partial charge in [-0.05, 0) is 63.1 Å². The summed E-state index contributed by atoms with van der Waals surface area (Å²) in [5, 5.41) is 3.20. The second-order valence-electron chi connectivity index (χ2n) is 7.56. The van der Waals surface area contributed by atoms with Crippen LogP contribution in [-0.4, -0.2) is 54.0 Å². The molecular weight excluding hydrogens is 306 g/mol. The van der Waals surface area contributed by atoms with E-state index in [-0.39, 0.29) is 17.5 Å². The van der Waals surface area contributed by atoms with E-state index in [9.17, 15) is 4.79 Å². The van der Waals surface area contributed by atoms with Gasteiger partial charge in [0.05, 0.1) is 6.04 Å². The van der Waals surface area contributed by atoms with Crippen LogP contribution in [-0.2, 0) is 4.79 Å². The minimum absolute atomic E-state index is 0.0365. The van der Waals surface area contributed by atoms with Gasteiger partial charge in [-0.1, -0.05) is 26.2 Å². The highest BCUT2D eigenvalue weighted by Gasteiger charge is 2.39. The predicted octanol–water partition coefficient (Wildman–Crippen LogP) is 2.62. The Labute approximate surface area is 146 Å². The summed E-state index contributed by atoms with van der Waals surface area (Å²) < 4.78 is 0. The first-order chi connectivity index (χ1) is 11.1. The monoisotopic (exact) mass is 341 g/mol. The molecule has 1 saturated carbocycles. The molecule has 1 atom stereocenters. The highest BCUT2D eigenvalue weighted by Crippen LogP contribution is 2.36. The number of likely N-dealkylation sites (tertiary alicyclic amines) is 1. The van der Waals surface area contributed by atoms with Crippen molar-refractivity contribution in [3.63, 3.8) is 0 Å². The van der Waals surface area contributed by atoms with Crippen LogP contribution in [0.3, 0.4) is 0 Å². The molecule has 2 fully saturated rings. The van der Waals surface area contributed by atoms with Crippen LogP contribution in [0.25, 0.3) is 0 Å². The van der Waals surface area contributed by atoms with Crippen LogP contribution in [0.5, 0.6) is 0 Å². The highest BCUT2D eigenvalue weighted by atomic mass is 32.2. The first kappa shape index (κ1) is 19.1. The second-order valence-corrected chi connectivity index (χ2v) is 8.55. The third kappa shape index (κ3) is 5.36. The van der Waals surface area contributed by atoms with E-state index in [0.717, 1.165) is 24.6 Å². The Morgan fingerprint density at radius 1 is 1.30 bits per heavy atom. The first-order valence-corrected chi connectivity index (χ1v) is 10.7. The molecule has 0 aromatic carbocycles. The van der Waals surface area contributed by atoms with E-state index >= 15 is 0 Å². The highest BCUT2D eigenvalue weighted by molar-refractivity contribution is 7.98. The van der Waals surface area contributed by atoms with E-state index in [0.29, 0.717) is 0 Å². The van der Waals surface area contributed by atoms with Crippen molar-refractivity contribution in [3.05, 3.63) is 0 Å². The topological polar surface area (TPSA) is 58.4 Å². The van der Waals surface area contributed by atoms with Crippen LogP contribution >= 0.6 is 11.8 Å². The largest absolute Gasteiger partial charge is 0.353 e. The van der Waals surface area contributed by atoms with Crippen molar-refractivity contribution < 1.29 is 4.79 Å². The van der Waals surface area contributed by atoms with Gasteiger partial charge in [-0.3, -0.25) is 9.69 Å². The lowest BCUT2D eigenvalue weighted by molar-refractivity contribution is -0.123. The fourth-order valence-electron chi connectivity index (χ4n) is 4.06. The fourth-order valence-corrected chi connectivity index (χ4v) is 4.55. The Balaban J connectivity index is 1.92. The number of nitrogens with one attached hydrogen (secondary N) is 1. The summed E-state index contributed by atoms with van der Waals surface area (Å²) in [5.41, 5.74) is 6.21. The second kappa shape index (κ2) is 9.28. The van der Waals surface area contributed by atoms with Crippen molar-refractivity contribution in [1.82, 2.24) is 10.2 Å². The molecule has 0 radical (unpaired) electrons. The molecule has 134 valence electrons. The molecule has 5 heteroatoms. The minimum atomic E-state index is -0.357. The molecule has 0 unspecified atom stereocenters. The number of rotatable bonds is 7. The van der Waals surface area contributed by atoms with E-state index in [1.807, 2.05) is 0 Å². The molecule has 0 aromatic rings. The van der Waals surface area contributed by atoms with Crippen LogP contribution in [0.2, 0.25) is 0 Å². The number of amides is 1. The average molecular weight is 342 g/mol. The van der Waals surface area contributed by atoms with Crippen LogP contribution in [0.1, 0.15) is 58.3 Å². The SMILES string of the molecule is CSCC[C@H](N)C(=O)NCC1(N2CCC(C)CC2)CCCCC1. The molecule has 0 bridgehead atoms. The van der Waals surface area contributed by atoms with Gasteiger partial charge >= 0.3 is 0 Å². The average Bonchev–Trinajstić information content (AvgIpc) is 2.59. The molecule has 1 aliphatic carbocycles. The Hall–Kier alpha value is -0.260. The number of piperidine rings is 1. The molecule has 2 aliphatic rings. The molecule has 0 aromatic heterocycles. The van der Waals surface area contributed by atoms with E-state index in [2.05, 4.69) is 23.4 Å². The van der Waals surface area contributed by atoms with Crippen molar-refractivity contribution in [3.8, 4) is 0 Å². The van der Waals surface area contributed by atoms with Crippen LogP contribution in [0, 0.1) is 5.92 Å². The van der Waals surface area contributed by atoms with Crippen LogP contribution in [0.15, 0.2) is 0 Å². The zero-order chi connectivity index (χ0) is 16.7. The zero-order valence-electron chi connectivity index (χ0n) is 15.0. The van der Waals surface area contributed by atoms with E-state index in [1.54, 1.807) is 11.8 Å². The smallest absolute Gasteiger partial charge is 0.237 e. The molecule has 4 nitrogen and oxygen atoms in total. The van der Waals surface area contributed by atoms with E-state index in [1.165, 1.54) is 58.0 Å². The van der Waals surface area contributed by atoms with Crippen molar-refractivity contribution in [2.75, 3.05) is 31.6 Å². The van der Waals surface area contributed by atoms with Gasteiger partial charge in [0.1, 0.15) is 0 Å².